The Morgan fingerprint density at radius 2 is 1.48 bits per heavy atom. The van der Waals surface area contributed by atoms with E-state index in [2.05, 4.69) is 36.4 Å². The lowest BCUT2D eigenvalue weighted by Crippen LogP contribution is -2.14. The van der Waals surface area contributed by atoms with Gasteiger partial charge in [-0.05, 0) is 30.4 Å². The maximum atomic E-state index is 10.6. The van der Waals surface area contributed by atoms with Gasteiger partial charge in [-0.25, -0.2) is 0 Å². The summed E-state index contributed by atoms with van der Waals surface area (Å²) in [6.45, 7) is 0.610. The van der Waals surface area contributed by atoms with E-state index in [1.165, 1.54) is 11.1 Å². The molecule has 0 fully saturated rings. The SMILES string of the molecule is O=CCCC(CCc1ccccc1)OCc1ccccc1. The molecule has 0 aromatic heterocycles. The predicted octanol–water partition coefficient (Wildman–Crippen LogP) is 4.18. The van der Waals surface area contributed by atoms with E-state index in [1.807, 2.05) is 24.3 Å². The Kier molecular flexibility index (Phi) is 6.69. The molecule has 0 N–H and O–H groups in total. The van der Waals surface area contributed by atoms with Gasteiger partial charge in [0.1, 0.15) is 6.29 Å². The van der Waals surface area contributed by atoms with Crippen LogP contribution in [0.15, 0.2) is 60.7 Å². The van der Waals surface area contributed by atoms with Gasteiger partial charge < -0.3 is 9.53 Å². The second kappa shape index (κ2) is 9.09. The van der Waals surface area contributed by atoms with Gasteiger partial charge in [0.05, 0.1) is 12.7 Å². The molecule has 0 saturated heterocycles. The number of hydrogen-bond donors (Lipinski definition) is 0. The summed E-state index contributed by atoms with van der Waals surface area (Å²) in [6, 6.07) is 20.6. The van der Waals surface area contributed by atoms with Crippen molar-refractivity contribution in [1.29, 1.82) is 0 Å². The van der Waals surface area contributed by atoms with E-state index in [9.17, 15) is 4.79 Å². The highest BCUT2D eigenvalue weighted by molar-refractivity contribution is 5.49. The summed E-state index contributed by atoms with van der Waals surface area (Å²) in [5.74, 6) is 0. The number of aryl methyl sites for hydroxylation is 1. The third-order valence-electron chi connectivity index (χ3n) is 3.53. The lowest BCUT2D eigenvalue weighted by Gasteiger charge is -2.17. The lowest BCUT2D eigenvalue weighted by molar-refractivity contribution is -0.108. The normalized spacial score (nSPS) is 12.0. The zero-order valence-electron chi connectivity index (χ0n) is 12.3. The first-order valence-corrected chi connectivity index (χ1v) is 7.51. The van der Waals surface area contributed by atoms with Crippen LogP contribution in [-0.4, -0.2) is 12.4 Å². The molecule has 0 bridgehead atoms. The minimum Gasteiger partial charge on any atom is -0.374 e. The van der Waals surface area contributed by atoms with Crippen molar-refractivity contribution in [1.82, 2.24) is 0 Å². The summed E-state index contributed by atoms with van der Waals surface area (Å²) >= 11 is 0. The molecule has 21 heavy (non-hydrogen) atoms. The van der Waals surface area contributed by atoms with E-state index >= 15 is 0 Å². The molecule has 2 aromatic carbocycles. The Labute approximate surface area is 126 Å². The summed E-state index contributed by atoms with van der Waals surface area (Å²) in [5.41, 5.74) is 2.49. The van der Waals surface area contributed by atoms with Crippen LogP contribution in [-0.2, 0) is 22.6 Å². The van der Waals surface area contributed by atoms with Crippen LogP contribution in [0.1, 0.15) is 30.4 Å². The number of rotatable bonds is 9. The molecule has 0 radical (unpaired) electrons. The number of carbonyl (C=O) groups excluding carboxylic acids is 1. The van der Waals surface area contributed by atoms with E-state index in [4.69, 9.17) is 4.74 Å². The maximum Gasteiger partial charge on any atom is 0.120 e. The number of benzene rings is 2. The van der Waals surface area contributed by atoms with E-state index in [0.29, 0.717) is 13.0 Å². The maximum absolute atomic E-state index is 10.6. The van der Waals surface area contributed by atoms with Gasteiger partial charge in [-0.1, -0.05) is 60.7 Å². The molecule has 0 spiro atoms. The molecular formula is C19H22O2. The van der Waals surface area contributed by atoms with Crippen molar-refractivity contribution in [3.8, 4) is 0 Å². The van der Waals surface area contributed by atoms with E-state index in [1.54, 1.807) is 0 Å². The highest BCUT2D eigenvalue weighted by Gasteiger charge is 2.09. The lowest BCUT2D eigenvalue weighted by atomic mass is 10.0. The molecule has 2 aromatic rings. The Bertz CT molecular complexity index is 464. The molecule has 110 valence electrons. The van der Waals surface area contributed by atoms with Crippen molar-refractivity contribution in [3.63, 3.8) is 0 Å². The second-order valence-electron chi connectivity index (χ2n) is 5.19. The van der Waals surface area contributed by atoms with Crippen LogP contribution in [0, 0.1) is 0 Å². The molecule has 0 saturated carbocycles. The number of ether oxygens (including phenoxy) is 1. The summed E-state index contributed by atoms with van der Waals surface area (Å²) in [6.07, 6.45) is 4.40. The zero-order valence-corrected chi connectivity index (χ0v) is 12.3. The van der Waals surface area contributed by atoms with Crippen molar-refractivity contribution in [3.05, 3.63) is 71.8 Å². The van der Waals surface area contributed by atoms with Gasteiger partial charge in [-0.3, -0.25) is 0 Å². The fraction of sp³-hybridized carbons (Fsp3) is 0.316. The van der Waals surface area contributed by atoms with E-state index < -0.39 is 0 Å². The van der Waals surface area contributed by atoms with E-state index in [-0.39, 0.29) is 6.10 Å². The molecule has 1 unspecified atom stereocenters. The Hall–Kier alpha value is -1.93. The van der Waals surface area contributed by atoms with Crippen LogP contribution in [0.5, 0.6) is 0 Å². The molecule has 1 atom stereocenters. The highest BCUT2D eigenvalue weighted by Crippen LogP contribution is 2.14. The topological polar surface area (TPSA) is 26.3 Å². The van der Waals surface area contributed by atoms with Gasteiger partial charge in [-0.15, -0.1) is 0 Å². The largest absolute Gasteiger partial charge is 0.374 e. The van der Waals surface area contributed by atoms with Crippen molar-refractivity contribution < 1.29 is 9.53 Å². The minimum absolute atomic E-state index is 0.135. The van der Waals surface area contributed by atoms with Gasteiger partial charge in [0.15, 0.2) is 0 Å². The third-order valence-corrected chi connectivity index (χ3v) is 3.53. The van der Waals surface area contributed by atoms with Gasteiger partial charge in [0.25, 0.3) is 0 Å². The first-order chi connectivity index (χ1) is 10.4. The zero-order chi connectivity index (χ0) is 14.8. The number of hydrogen-bond acceptors (Lipinski definition) is 2. The highest BCUT2D eigenvalue weighted by atomic mass is 16.5. The molecule has 0 amide bonds. The molecule has 0 aliphatic heterocycles. The van der Waals surface area contributed by atoms with E-state index in [0.717, 1.165) is 25.5 Å². The van der Waals surface area contributed by atoms with Crippen molar-refractivity contribution in [2.75, 3.05) is 0 Å². The molecule has 2 rings (SSSR count). The van der Waals surface area contributed by atoms with Crippen LogP contribution in [0.2, 0.25) is 0 Å². The number of aldehydes is 1. The second-order valence-corrected chi connectivity index (χ2v) is 5.19. The fourth-order valence-electron chi connectivity index (χ4n) is 2.33. The first-order valence-electron chi connectivity index (χ1n) is 7.51. The quantitative estimate of drug-likeness (QED) is 0.645. The molecule has 0 heterocycles. The van der Waals surface area contributed by atoms with Crippen LogP contribution in [0.25, 0.3) is 0 Å². The molecular weight excluding hydrogens is 260 g/mol. The molecule has 0 aliphatic rings. The Morgan fingerprint density at radius 1 is 0.857 bits per heavy atom. The van der Waals surface area contributed by atoms with Gasteiger partial charge in [0.2, 0.25) is 0 Å². The Balaban J connectivity index is 1.83. The van der Waals surface area contributed by atoms with Gasteiger partial charge in [0, 0.05) is 6.42 Å². The number of carbonyl (C=O) groups is 1. The van der Waals surface area contributed by atoms with Crippen LogP contribution >= 0.6 is 0 Å². The molecule has 2 nitrogen and oxygen atoms in total. The van der Waals surface area contributed by atoms with Crippen molar-refractivity contribution >= 4 is 6.29 Å². The fourth-order valence-corrected chi connectivity index (χ4v) is 2.33. The molecule has 2 heteroatoms. The van der Waals surface area contributed by atoms with Crippen LogP contribution < -0.4 is 0 Å². The van der Waals surface area contributed by atoms with Crippen LogP contribution in [0.4, 0.5) is 0 Å². The summed E-state index contributed by atoms with van der Waals surface area (Å²) in [5, 5.41) is 0. The third kappa shape index (κ3) is 5.92. The molecule has 0 aliphatic carbocycles. The Morgan fingerprint density at radius 3 is 2.10 bits per heavy atom. The van der Waals surface area contributed by atoms with Crippen LogP contribution in [0.3, 0.4) is 0 Å². The van der Waals surface area contributed by atoms with Gasteiger partial charge in [-0.2, -0.15) is 0 Å². The smallest absolute Gasteiger partial charge is 0.120 e. The monoisotopic (exact) mass is 282 g/mol. The predicted molar refractivity (Wildman–Crippen MR) is 85.1 cm³/mol. The standard InChI is InChI=1S/C19H22O2/c20-15-7-12-19(14-13-17-8-3-1-4-9-17)21-16-18-10-5-2-6-11-18/h1-6,8-11,15,19H,7,12-14,16H2. The average Bonchev–Trinajstić information content (AvgIpc) is 2.56. The van der Waals surface area contributed by atoms with Crippen molar-refractivity contribution in [2.45, 2.75) is 38.4 Å². The summed E-state index contributed by atoms with van der Waals surface area (Å²) in [7, 11) is 0. The van der Waals surface area contributed by atoms with Gasteiger partial charge >= 0.3 is 0 Å². The first kappa shape index (κ1) is 15.5. The summed E-state index contributed by atoms with van der Waals surface area (Å²) < 4.78 is 5.99. The minimum atomic E-state index is 0.135. The van der Waals surface area contributed by atoms with Crippen molar-refractivity contribution in [2.24, 2.45) is 0 Å². The summed E-state index contributed by atoms with van der Waals surface area (Å²) in [4.78, 5) is 10.6. The average molecular weight is 282 g/mol.